The van der Waals surface area contributed by atoms with Gasteiger partial charge in [-0.05, 0) is 47.5 Å². The average Bonchev–Trinajstić information content (AvgIpc) is 2.89. The zero-order chi connectivity index (χ0) is 24.6. The molecule has 35 heavy (non-hydrogen) atoms. The van der Waals surface area contributed by atoms with Crippen molar-refractivity contribution in [2.45, 2.75) is 13.2 Å². The monoisotopic (exact) mass is 476 g/mol. The minimum absolute atomic E-state index is 0.0696. The first-order chi connectivity index (χ1) is 17.0. The van der Waals surface area contributed by atoms with E-state index in [2.05, 4.69) is 10.2 Å². The number of hydrogen-bond acceptors (Lipinski definition) is 6. The normalized spacial score (nSPS) is 13.4. The second-order valence-corrected chi connectivity index (χ2v) is 8.22. The third kappa shape index (κ3) is 6.48. The van der Waals surface area contributed by atoms with Crippen LogP contribution in [0.25, 0.3) is 0 Å². The van der Waals surface area contributed by atoms with Gasteiger partial charge in [0.25, 0.3) is 5.69 Å². The van der Waals surface area contributed by atoms with E-state index < -0.39 is 4.92 Å². The van der Waals surface area contributed by atoms with Crippen LogP contribution in [0.5, 0.6) is 5.75 Å². The Morgan fingerprint density at radius 3 is 2.29 bits per heavy atom. The van der Waals surface area contributed by atoms with Crippen molar-refractivity contribution in [1.29, 1.82) is 0 Å². The molecule has 0 aliphatic carbocycles. The van der Waals surface area contributed by atoms with E-state index in [1.54, 1.807) is 24.1 Å². The number of rotatable bonds is 8. The van der Waals surface area contributed by atoms with Crippen molar-refractivity contribution in [3.63, 3.8) is 0 Å². The third-order valence-corrected chi connectivity index (χ3v) is 5.87. The van der Waals surface area contributed by atoms with Gasteiger partial charge in [0.1, 0.15) is 5.75 Å². The van der Waals surface area contributed by atoms with Gasteiger partial charge in [0.05, 0.1) is 25.2 Å². The minimum atomic E-state index is -0.409. The first-order valence-corrected chi connectivity index (χ1v) is 11.4. The fraction of sp³-hybridized carbons (Fsp3) is 0.269. The standard InChI is InChI=1S/C26H28N4O5/c1-34-25-11-5-20(6-12-25)18-35-19-21-3-2-4-22(17-21)27-26(31)29-15-13-28(14-16-29)23-7-9-24(10-8-23)30(32)33/h2-12,17H,13-16,18-19H2,1H3,(H,27,31). The van der Waals surface area contributed by atoms with E-state index in [4.69, 9.17) is 9.47 Å². The van der Waals surface area contributed by atoms with Gasteiger partial charge in [-0.1, -0.05) is 24.3 Å². The van der Waals surface area contributed by atoms with Gasteiger partial charge in [-0.2, -0.15) is 0 Å². The third-order valence-electron chi connectivity index (χ3n) is 5.87. The molecule has 182 valence electrons. The van der Waals surface area contributed by atoms with Crippen molar-refractivity contribution in [1.82, 2.24) is 4.90 Å². The molecule has 3 aromatic rings. The highest BCUT2D eigenvalue weighted by molar-refractivity contribution is 5.89. The Labute approximate surface area is 204 Å². The number of benzene rings is 3. The molecule has 1 saturated heterocycles. The predicted octanol–water partition coefficient (Wildman–Crippen LogP) is 4.67. The van der Waals surface area contributed by atoms with E-state index in [1.807, 2.05) is 48.5 Å². The maximum absolute atomic E-state index is 12.8. The molecule has 0 radical (unpaired) electrons. The van der Waals surface area contributed by atoms with E-state index >= 15 is 0 Å². The van der Waals surface area contributed by atoms with Gasteiger partial charge in [0.15, 0.2) is 0 Å². The SMILES string of the molecule is COc1ccc(COCc2cccc(NC(=O)N3CCN(c4ccc([N+](=O)[O-])cc4)CC3)c2)cc1. The predicted molar refractivity (Wildman–Crippen MR) is 134 cm³/mol. The van der Waals surface area contributed by atoms with Gasteiger partial charge in [-0.3, -0.25) is 10.1 Å². The smallest absolute Gasteiger partial charge is 0.321 e. The van der Waals surface area contributed by atoms with Crippen LogP contribution in [0.15, 0.2) is 72.8 Å². The molecule has 1 aliphatic heterocycles. The van der Waals surface area contributed by atoms with Crippen molar-refractivity contribution < 1.29 is 19.2 Å². The van der Waals surface area contributed by atoms with Crippen LogP contribution in [0.4, 0.5) is 21.9 Å². The number of ether oxygens (including phenoxy) is 2. The van der Waals surface area contributed by atoms with Crippen molar-refractivity contribution in [3.05, 3.63) is 94.0 Å². The fourth-order valence-corrected chi connectivity index (χ4v) is 3.90. The van der Waals surface area contributed by atoms with Gasteiger partial charge < -0.3 is 24.6 Å². The molecular formula is C26H28N4O5. The topological polar surface area (TPSA) is 97.2 Å². The van der Waals surface area contributed by atoms with Crippen LogP contribution in [-0.4, -0.2) is 49.1 Å². The molecule has 1 aliphatic rings. The number of piperazine rings is 1. The van der Waals surface area contributed by atoms with Gasteiger partial charge in [-0.25, -0.2) is 4.79 Å². The fourth-order valence-electron chi connectivity index (χ4n) is 3.90. The number of nitro groups is 1. The average molecular weight is 477 g/mol. The van der Waals surface area contributed by atoms with Crippen LogP contribution in [0.1, 0.15) is 11.1 Å². The number of carbonyl (C=O) groups is 1. The molecule has 0 saturated carbocycles. The van der Waals surface area contributed by atoms with Crippen LogP contribution in [0, 0.1) is 10.1 Å². The summed E-state index contributed by atoms with van der Waals surface area (Å²) in [6.07, 6.45) is 0. The van der Waals surface area contributed by atoms with E-state index in [9.17, 15) is 14.9 Å². The highest BCUT2D eigenvalue weighted by atomic mass is 16.6. The summed E-state index contributed by atoms with van der Waals surface area (Å²) in [4.78, 5) is 27.1. The Bertz CT molecular complexity index is 1140. The number of hydrogen-bond donors (Lipinski definition) is 1. The molecule has 0 unspecified atom stereocenters. The van der Waals surface area contributed by atoms with E-state index in [0.717, 1.165) is 28.3 Å². The second-order valence-electron chi connectivity index (χ2n) is 8.22. The number of anilines is 2. The summed E-state index contributed by atoms with van der Waals surface area (Å²) in [5, 5.41) is 13.8. The van der Waals surface area contributed by atoms with Gasteiger partial charge in [0.2, 0.25) is 0 Å². The Morgan fingerprint density at radius 2 is 1.63 bits per heavy atom. The molecule has 0 atom stereocenters. The molecule has 9 heteroatoms. The van der Waals surface area contributed by atoms with Crippen LogP contribution in [0.2, 0.25) is 0 Å². The number of nitrogens with zero attached hydrogens (tertiary/aromatic N) is 3. The van der Waals surface area contributed by atoms with Crippen LogP contribution in [-0.2, 0) is 18.0 Å². The molecular weight excluding hydrogens is 448 g/mol. The maximum atomic E-state index is 12.8. The molecule has 0 bridgehead atoms. The number of nitro benzene ring substituents is 1. The second kappa shape index (κ2) is 11.3. The summed E-state index contributed by atoms with van der Waals surface area (Å²) in [6, 6.07) is 21.7. The van der Waals surface area contributed by atoms with Crippen molar-refractivity contribution in [3.8, 4) is 5.75 Å². The van der Waals surface area contributed by atoms with Gasteiger partial charge in [-0.15, -0.1) is 0 Å². The summed E-state index contributed by atoms with van der Waals surface area (Å²) in [5.41, 5.74) is 3.74. The lowest BCUT2D eigenvalue weighted by Gasteiger charge is -2.36. The lowest BCUT2D eigenvalue weighted by atomic mass is 10.2. The molecule has 3 aromatic carbocycles. The van der Waals surface area contributed by atoms with Crippen LogP contribution >= 0.6 is 0 Å². The van der Waals surface area contributed by atoms with Gasteiger partial charge in [0, 0.05) is 49.7 Å². The Hall–Kier alpha value is -4.11. The molecule has 4 rings (SSSR count). The first kappa shape index (κ1) is 24.0. The van der Waals surface area contributed by atoms with E-state index in [0.29, 0.717) is 39.4 Å². The zero-order valence-corrected chi connectivity index (χ0v) is 19.6. The summed E-state index contributed by atoms with van der Waals surface area (Å²) >= 11 is 0. The summed E-state index contributed by atoms with van der Waals surface area (Å²) in [7, 11) is 1.64. The van der Waals surface area contributed by atoms with Crippen molar-refractivity contribution in [2.75, 3.05) is 43.5 Å². The zero-order valence-electron chi connectivity index (χ0n) is 19.6. The van der Waals surface area contributed by atoms with Crippen LogP contribution in [0.3, 0.4) is 0 Å². The molecule has 0 spiro atoms. The summed E-state index contributed by atoms with van der Waals surface area (Å²) in [6.45, 7) is 3.36. The number of methoxy groups -OCH3 is 1. The quantitative estimate of drug-likeness (QED) is 0.375. The van der Waals surface area contributed by atoms with Crippen molar-refractivity contribution in [2.24, 2.45) is 0 Å². The van der Waals surface area contributed by atoms with E-state index in [-0.39, 0.29) is 11.7 Å². The summed E-state index contributed by atoms with van der Waals surface area (Å²) < 4.78 is 11.0. The number of carbonyl (C=O) groups excluding carboxylic acids is 1. The number of amides is 2. The van der Waals surface area contributed by atoms with Crippen LogP contribution < -0.4 is 15.0 Å². The summed E-state index contributed by atoms with van der Waals surface area (Å²) in [5.74, 6) is 0.810. The Balaban J connectivity index is 1.24. The molecule has 1 heterocycles. The van der Waals surface area contributed by atoms with Gasteiger partial charge >= 0.3 is 6.03 Å². The number of nitrogens with one attached hydrogen (secondary N) is 1. The maximum Gasteiger partial charge on any atom is 0.321 e. The molecule has 1 N–H and O–H groups in total. The highest BCUT2D eigenvalue weighted by Crippen LogP contribution is 2.21. The Morgan fingerprint density at radius 1 is 0.943 bits per heavy atom. The lowest BCUT2D eigenvalue weighted by Crippen LogP contribution is -2.50. The number of urea groups is 1. The molecule has 2 amide bonds. The highest BCUT2D eigenvalue weighted by Gasteiger charge is 2.22. The largest absolute Gasteiger partial charge is 0.497 e. The first-order valence-electron chi connectivity index (χ1n) is 11.4. The van der Waals surface area contributed by atoms with E-state index in [1.165, 1.54) is 12.1 Å². The van der Waals surface area contributed by atoms with Crippen molar-refractivity contribution >= 4 is 23.1 Å². The lowest BCUT2D eigenvalue weighted by molar-refractivity contribution is -0.384. The number of non-ortho nitro benzene ring substituents is 1. The molecule has 1 fully saturated rings. The molecule has 9 nitrogen and oxygen atoms in total. The molecule has 0 aromatic heterocycles. The Kier molecular flexibility index (Phi) is 7.79. The minimum Gasteiger partial charge on any atom is -0.497 e.